The van der Waals surface area contributed by atoms with Crippen LogP contribution in [0.15, 0.2) is 24.3 Å². The Labute approximate surface area is 153 Å². The van der Waals surface area contributed by atoms with Crippen molar-refractivity contribution in [1.82, 2.24) is 0 Å². The van der Waals surface area contributed by atoms with Crippen molar-refractivity contribution in [3.63, 3.8) is 0 Å². The van der Waals surface area contributed by atoms with E-state index in [9.17, 15) is 9.59 Å². The van der Waals surface area contributed by atoms with Crippen molar-refractivity contribution in [2.45, 2.75) is 47.0 Å². The molecule has 0 spiro atoms. The van der Waals surface area contributed by atoms with Gasteiger partial charge >= 0.3 is 5.97 Å². The van der Waals surface area contributed by atoms with Gasteiger partial charge in [-0.25, -0.2) is 4.79 Å². The third-order valence-electron chi connectivity index (χ3n) is 4.11. The molecular weight excluding hydrogens is 334 g/mol. The van der Waals surface area contributed by atoms with Gasteiger partial charge in [0.2, 0.25) is 5.91 Å². The average molecular weight is 359 g/mol. The number of esters is 1. The summed E-state index contributed by atoms with van der Waals surface area (Å²) >= 11 is 1.42. The summed E-state index contributed by atoms with van der Waals surface area (Å²) < 4.78 is 5.11. The molecule has 5 heteroatoms. The van der Waals surface area contributed by atoms with Crippen LogP contribution in [0.2, 0.25) is 0 Å². The number of aryl methyl sites for hydroxylation is 3. The molecule has 2 aromatic rings. The molecule has 1 aromatic heterocycles. The van der Waals surface area contributed by atoms with Crippen molar-refractivity contribution in [3.05, 3.63) is 51.4 Å². The maximum atomic E-state index is 12.3. The van der Waals surface area contributed by atoms with Gasteiger partial charge in [-0.3, -0.25) is 4.79 Å². The third kappa shape index (κ3) is 5.16. The van der Waals surface area contributed by atoms with Crippen molar-refractivity contribution in [2.24, 2.45) is 0 Å². The van der Waals surface area contributed by atoms with Gasteiger partial charge < -0.3 is 10.1 Å². The van der Waals surface area contributed by atoms with Crippen molar-refractivity contribution >= 4 is 28.2 Å². The molecule has 134 valence electrons. The van der Waals surface area contributed by atoms with E-state index in [-0.39, 0.29) is 11.9 Å². The summed E-state index contributed by atoms with van der Waals surface area (Å²) in [7, 11) is 0. The van der Waals surface area contributed by atoms with Crippen LogP contribution in [-0.4, -0.2) is 18.5 Å². The summed E-state index contributed by atoms with van der Waals surface area (Å²) in [6, 6.07) is 8.35. The molecule has 1 N–H and O–H groups in total. The summed E-state index contributed by atoms with van der Waals surface area (Å²) in [5.41, 5.74) is 3.82. The predicted octanol–water partition coefficient (Wildman–Crippen LogP) is 4.81. The predicted molar refractivity (Wildman–Crippen MR) is 102 cm³/mol. The van der Waals surface area contributed by atoms with Crippen molar-refractivity contribution in [2.75, 3.05) is 11.9 Å². The Hall–Kier alpha value is -2.14. The van der Waals surface area contributed by atoms with Gasteiger partial charge in [0.05, 0.1) is 12.2 Å². The molecule has 0 fully saturated rings. The third-order valence-corrected chi connectivity index (χ3v) is 5.23. The highest BCUT2D eigenvalue weighted by Gasteiger charge is 2.21. The van der Waals surface area contributed by atoms with Crippen LogP contribution in [0.25, 0.3) is 0 Å². The van der Waals surface area contributed by atoms with Gasteiger partial charge in [-0.1, -0.05) is 29.8 Å². The highest BCUT2D eigenvalue weighted by Crippen LogP contribution is 2.33. The molecule has 0 unspecified atom stereocenters. The van der Waals surface area contributed by atoms with E-state index in [1.165, 1.54) is 22.5 Å². The molecule has 0 radical (unpaired) electrons. The first-order valence-electron chi connectivity index (χ1n) is 8.54. The molecule has 2 rings (SSSR count). The Bertz CT molecular complexity index is 747. The molecule has 0 atom stereocenters. The van der Waals surface area contributed by atoms with Crippen LogP contribution >= 0.6 is 11.3 Å². The number of amides is 1. The largest absolute Gasteiger partial charge is 0.462 e. The molecule has 25 heavy (non-hydrogen) atoms. The van der Waals surface area contributed by atoms with Crippen LogP contribution in [0.5, 0.6) is 0 Å². The van der Waals surface area contributed by atoms with Crippen molar-refractivity contribution in [3.8, 4) is 0 Å². The molecule has 1 amide bonds. The van der Waals surface area contributed by atoms with E-state index in [0.717, 1.165) is 23.3 Å². The first-order valence-corrected chi connectivity index (χ1v) is 9.36. The molecule has 0 bridgehead atoms. The van der Waals surface area contributed by atoms with Crippen LogP contribution in [0.3, 0.4) is 0 Å². The molecule has 1 aromatic carbocycles. The maximum absolute atomic E-state index is 12.3. The number of hydrogen-bond acceptors (Lipinski definition) is 4. The summed E-state index contributed by atoms with van der Waals surface area (Å²) in [5, 5.41) is 3.48. The van der Waals surface area contributed by atoms with Gasteiger partial charge in [-0.15, -0.1) is 11.3 Å². The van der Waals surface area contributed by atoms with E-state index >= 15 is 0 Å². The highest BCUT2D eigenvalue weighted by atomic mass is 32.1. The van der Waals surface area contributed by atoms with Gasteiger partial charge in [0, 0.05) is 11.3 Å². The molecule has 4 nitrogen and oxygen atoms in total. The fourth-order valence-electron chi connectivity index (χ4n) is 2.56. The quantitative estimate of drug-likeness (QED) is 0.722. The fourth-order valence-corrected chi connectivity index (χ4v) is 3.63. The maximum Gasteiger partial charge on any atom is 0.341 e. The minimum Gasteiger partial charge on any atom is -0.462 e. The van der Waals surface area contributed by atoms with E-state index in [2.05, 4.69) is 36.5 Å². The van der Waals surface area contributed by atoms with Crippen LogP contribution in [-0.2, 0) is 16.0 Å². The van der Waals surface area contributed by atoms with Crippen LogP contribution in [0.1, 0.15) is 51.7 Å². The lowest BCUT2D eigenvalue weighted by Gasteiger charge is -2.07. The minimum absolute atomic E-state index is 0.0705. The Morgan fingerprint density at radius 1 is 1.12 bits per heavy atom. The lowest BCUT2D eigenvalue weighted by Crippen LogP contribution is -2.14. The molecule has 0 saturated heterocycles. The van der Waals surface area contributed by atoms with Crippen molar-refractivity contribution < 1.29 is 14.3 Å². The summed E-state index contributed by atoms with van der Waals surface area (Å²) in [5.74, 6) is -0.446. The average Bonchev–Trinajstić information content (AvgIpc) is 2.83. The number of hydrogen-bond donors (Lipinski definition) is 1. The zero-order valence-corrected chi connectivity index (χ0v) is 16.1. The number of nitrogens with one attached hydrogen (secondary N) is 1. The normalized spacial score (nSPS) is 10.6. The lowest BCUT2D eigenvalue weighted by atomic mass is 10.1. The monoisotopic (exact) mass is 359 g/mol. The van der Waals surface area contributed by atoms with E-state index in [0.29, 0.717) is 23.6 Å². The number of rotatable bonds is 7. The fraction of sp³-hybridized carbons (Fsp3) is 0.400. The van der Waals surface area contributed by atoms with Crippen molar-refractivity contribution in [1.29, 1.82) is 0 Å². The van der Waals surface area contributed by atoms with Crippen LogP contribution in [0.4, 0.5) is 5.00 Å². The minimum atomic E-state index is -0.376. The Morgan fingerprint density at radius 2 is 1.80 bits per heavy atom. The van der Waals surface area contributed by atoms with Gasteiger partial charge in [0.25, 0.3) is 0 Å². The van der Waals surface area contributed by atoms with Gasteiger partial charge in [-0.2, -0.15) is 0 Å². The molecule has 1 heterocycles. The lowest BCUT2D eigenvalue weighted by molar-refractivity contribution is -0.116. The first-order chi connectivity index (χ1) is 11.9. The Balaban J connectivity index is 1.95. The number of benzene rings is 1. The van der Waals surface area contributed by atoms with Crippen LogP contribution < -0.4 is 5.32 Å². The zero-order chi connectivity index (χ0) is 18.4. The van der Waals surface area contributed by atoms with Crippen LogP contribution in [0, 0.1) is 20.8 Å². The SMILES string of the molecule is CCOC(=O)c1c(NC(=O)CCCc2ccc(C)cc2)sc(C)c1C. The second-order valence-electron chi connectivity index (χ2n) is 6.10. The van der Waals surface area contributed by atoms with E-state index in [1.54, 1.807) is 6.92 Å². The number of carbonyl (C=O) groups is 2. The number of ether oxygens (including phenoxy) is 1. The zero-order valence-electron chi connectivity index (χ0n) is 15.3. The van der Waals surface area contributed by atoms with Gasteiger partial charge in [-0.05, 0) is 51.7 Å². The molecule has 0 aliphatic rings. The standard InChI is InChI=1S/C20H25NO3S/c1-5-24-20(23)18-14(3)15(4)25-19(18)21-17(22)8-6-7-16-11-9-13(2)10-12-16/h9-12H,5-8H2,1-4H3,(H,21,22). The topological polar surface area (TPSA) is 55.4 Å². The molecule has 0 aliphatic carbocycles. The van der Waals surface area contributed by atoms with E-state index < -0.39 is 0 Å². The first kappa shape index (κ1) is 19.2. The van der Waals surface area contributed by atoms with Gasteiger partial charge in [0.1, 0.15) is 5.00 Å². The number of carbonyl (C=O) groups excluding carboxylic acids is 2. The molecule has 0 saturated carbocycles. The summed E-state index contributed by atoms with van der Waals surface area (Å²) in [6.07, 6.45) is 2.06. The molecular formula is C20H25NO3S. The summed E-state index contributed by atoms with van der Waals surface area (Å²) in [6.45, 7) is 7.97. The Kier molecular flexibility index (Phi) is 6.76. The number of anilines is 1. The van der Waals surface area contributed by atoms with E-state index in [4.69, 9.17) is 4.74 Å². The Morgan fingerprint density at radius 3 is 2.44 bits per heavy atom. The highest BCUT2D eigenvalue weighted by molar-refractivity contribution is 7.16. The van der Waals surface area contributed by atoms with Gasteiger partial charge in [0.15, 0.2) is 0 Å². The smallest absolute Gasteiger partial charge is 0.341 e. The molecule has 0 aliphatic heterocycles. The number of thiophene rings is 1. The van der Waals surface area contributed by atoms with E-state index in [1.807, 2.05) is 13.8 Å². The second kappa shape index (κ2) is 8.81. The second-order valence-corrected chi connectivity index (χ2v) is 7.32. The summed E-state index contributed by atoms with van der Waals surface area (Å²) in [4.78, 5) is 25.4.